The first-order valence-corrected chi connectivity index (χ1v) is 13.1. The molecule has 0 spiro atoms. The Morgan fingerprint density at radius 1 is 1.00 bits per heavy atom. The first kappa shape index (κ1) is 25.8. The van der Waals surface area contributed by atoms with Crippen LogP contribution in [0.25, 0.3) is 22.0 Å². The van der Waals surface area contributed by atoms with Gasteiger partial charge in [0.1, 0.15) is 12.4 Å². The fourth-order valence-corrected chi connectivity index (χ4v) is 4.56. The Morgan fingerprint density at radius 3 is 2.53 bits per heavy atom. The van der Waals surface area contributed by atoms with Crippen molar-refractivity contribution in [1.82, 2.24) is 19.8 Å². The molecule has 5 nitrogen and oxygen atoms in total. The second-order valence-electron chi connectivity index (χ2n) is 8.61. The van der Waals surface area contributed by atoms with Crippen LogP contribution in [-0.4, -0.2) is 48.3 Å². The van der Waals surface area contributed by atoms with Crippen molar-refractivity contribution in [3.8, 4) is 5.75 Å². The average molecular weight is 499 g/mol. The second-order valence-corrected chi connectivity index (χ2v) is 9.82. The predicted molar refractivity (Wildman–Crippen MR) is 154 cm³/mol. The molecule has 0 atom stereocenters. The molecule has 0 aliphatic carbocycles. The molecule has 0 aliphatic rings. The third kappa shape index (κ3) is 6.88. The topological polar surface area (TPSA) is 53.2 Å². The van der Waals surface area contributed by atoms with Gasteiger partial charge in [0.15, 0.2) is 0 Å². The van der Waals surface area contributed by atoms with Gasteiger partial charge >= 0.3 is 0 Å². The summed E-state index contributed by atoms with van der Waals surface area (Å²) >= 11 is 1.67. The van der Waals surface area contributed by atoms with Gasteiger partial charge in [-0.1, -0.05) is 73.5 Å². The Labute approximate surface area is 218 Å². The van der Waals surface area contributed by atoms with Crippen LogP contribution >= 0.6 is 11.9 Å². The molecule has 0 bridgehead atoms. The molecule has 0 saturated heterocycles. The maximum atomic E-state index is 5.98. The number of hydrogen-bond donors (Lipinski definition) is 2. The van der Waals surface area contributed by atoms with E-state index >= 15 is 0 Å². The van der Waals surface area contributed by atoms with E-state index in [1.54, 1.807) is 11.9 Å². The van der Waals surface area contributed by atoms with Gasteiger partial charge in [-0.3, -0.25) is 9.40 Å². The lowest BCUT2D eigenvalue weighted by Crippen LogP contribution is -2.20. The molecular formula is C30H34N4OS. The molecule has 0 saturated carbocycles. The van der Waals surface area contributed by atoms with Gasteiger partial charge in [-0.05, 0) is 78.0 Å². The van der Waals surface area contributed by atoms with E-state index in [4.69, 9.17) is 4.74 Å². The molecule has 0 unspecified atom stereocenters. The Morgan fingerprint density at radius 2 is 1.78 bits per heavy atom. The summed E-state index contributed by atoms with van der Waals surface area (Å²) in [6, 6.07) is 25.6. The summed E-state index contributed by atoms with van der Waals surface area (Å²) in [5, 5.41) is 13.8. The number of ether oxygens (including phenoxy) is 1. The normalized spacial score (nSPS) is 12.4. The van der Waals surface area contributed by atoms with E-state index in [0.29, 0.717) is 6.61 Å². The van der Waals surface area contributed by atoms with E-state index in [1.807, 2.05) is 20.3 Å². The average Bonchev–Trinajstić information content (AvgIpc) is 3.37. The number of hydrogen-bond acceptors (Lipinski definition) is 5. The molecule has 1 aromatic heterocycles. The Hall–Kier alpha value is -3.32. The molecule has 4 aromatic rings. The smallest absolute Gasteiger partial charge is 0.119 e. The molecule has 36 heavy (non-hydrogen) atoms. The maximum Gasteiger partial charge on any atom is 0.119 e. The lowest BCUT2D eigenvalue weighted by atomic mass is 9.88. The van der Waals surface area contributed by atoms with Crippen molar-refractivity contribution < 1.29 is 4.74 Å². The summed E-state index contributed by atoms with van der Waals surface area (Å²) in [5.41, 5.74) is 7.20. The first-order chi connectivity index (χ1) is 17.7. The van der Waals surface area contributed by atoms with Crippen molar-refractivity contribution in [2.75, 3.05) is 33.8 Å². The van der Waals surface area contributed by atoms with Crippen molar-refractivity contribution in [1.29, 1.82) is 0 Å². The molecule has 4 rings (SSSR count). The van der Waals surface area contributed by atoms with Gasteiger partial charge < -0.3 is 10.1 Å². The van der Waals surface area contributed by atoms with Gasteiger partial charge in [-0.15, -0.1) is 0 Å². The van der Waals surface area contributed by atoms with Crippen LogP contribution in [0, 0.1) is 0 Å². The molecule has 0 fully saturated rings. The van der Waals surface area contributed by atoms with Crippen LogP contribution in [0.4, 0.5) is 0 Å². The Kier molecular flexibility index (Phi) is 9.39. The van der Waals surface area contributed by atoms with Crippen molar-refractivity contribution in [3.05, 3.63) is 107 Å². The van der Waals surface area contributed by atoms with E-state index in [1.165, 1.54) is 27.8 Å². The predicted octanol–water partition coefficient (Wildman–Crippen LogP) is 6.62. The number of allylic oxidation sites excluding steroid dienone is 1. The minimum absolute atomic E-state index is 0.623. The number of nitrogens with zero attached hydrogens (tertiary/aromatic N) is 2. The van der Waals surface area contributed by atoms with Crippen LogP contribution in [0.1, 0.15) is 30.0 Å². The summed E-state index contributed by atoms with van der Waals surface area (Å²) in [7, 11) is 4.06. The zero-order chi connectivity index (χ0) is 25.2. The second kappa shape index (κ2) is 13.1. The quantitative estimate of drug-likeness (QED) is 0.131. The van der Waals surface area contributed by atoms with Gasteiger partial charge in [0.2, 0.25) is 0 Å². The zero-order valence-electron chi connectivity index (χ0n) is 21.2. The molecule has 2 N–H and O–H groups in total. The summed E-state index contributed by atoms with van der Waals surface area (Å²) < 4.78 is 8.04. The number of aromatic amines is 1. The molecule has 1 heterocycles. The summed E-state index contributed by atoms with van der Waals surface area (Å²) in [6.07, 6.45) is 4.92. The number of H-pyrrole nitrogens is 1. The SMILES string of the molecule is CC/C(=C(/c1ccc(OCCNC/C=C/SN(C)C)cc1)c1ccc2[nH]ncc2c1)c1ccccc1. The number of benzene rings is 3. The van der Waals surface area contributed by atoms with Crippen LogP contribution in [0.15, 0.2) is 90.5 Å². The third-order valence-corrected chi connectivity index (χ3v) is 6.56. The fourth-order valence-electron chi connectivity index (χ4n) is 4.14. The Bertz CT molecular complexity index is 1290. The Balaban J connectivity index is 1.52. The van der Waals surface area contributed by atoms with Crippen LogP contribution in [-0.2, 0) is 0 Å². The molecular weight excluding hydrogens is 464 g/mol. The largest absolute Gasteiger partial charge is 0.492 e. The summed E-state index contributed by atoms with van der Waals surface area (Å²) in [4.78, 5) is 0. The van der Waals surface area contributed by atoms with Gasteiger partial charge in [0.05, 0.1) is 11.7 Å². The van der Waals surface area contributed by atoms with E-state index in [2.05, 4.69) is 111 Å². The van der Waals surface area contributed by atoms with Gasteiger partial charge in [-0.25, -0.2) is 0 Å². The van der Waals surface area contributed by atoms with Crippen molar-refractivity contribution in [2.24, 2.45) is 0 Å². The summed E-state index contributed by atoms with van der Waals surface area (Å²) in [5.74, 6) is 0.877. The highest BCUT2D eigenvalue weighted by Crippen LogP contribution is 2.36. The molecule has 0 amide bonds. The van der Waals surface area contributed by atoms with Gasteiger partial charge in [0, 0.05) is 18.5 Å². The standard InChI is InChI=1S/C30H34N4OS/c1-4-28(23-9-6-5-7-10-23)30(25-13-16-29-26(21-25)22-32-33-29)24-11-14-27(15-12-24)35-19-18-31-17-8-20-36-34(2)3/h5-16,20-22,31H,4,17-19H2,1-3H3,(H,32,33)/b20-8+,30-28+. The highest BCUT2D eigenvalue weighted by atomic mass is 32.2. The van der Waals surface area contributed by atoms with Crippen molar-refractivity contribution in [2.45, 2.75) is 13.3 Å². The van der Waals surface area contributed by atoms with E-state index in [9.17, 15) is 0 Å². The molecule has 0 radical (unpaired) electrons. The fraction of sp³-hybridized carbons (Fsp3) is 0.233. The van der Waals surface area contributed by atoms with Gasteiger partial charge in [0.25, 0.3) is 0 Å². The molecule has 186 valence electrons. The minimum Gasteiger partial charge on any atom is -0.492 e. The highest BCUT2D eigenvalue weighted by Gasteiger charge is 2.14. The number of aromatic nitrogens is 2. The van der Waals surface area contributed by atoms with E-state index in [0.717, 1.165) is 36.2 Å². The van der Waals surface area contributed by atoms with E-state index in [-0.39, 0.29) is 0 Å². The zero-order valence-corrected chi connectivity index (χ0v) is 22.0. The van der Waals surface area contributed by atoms with Crippen molar-refractivity contribution >= 4 is 34.0 Å². The third-order valence-electron chi connectivity index (χ3n) is 5.83. The monoisotopic (exact) mass is 498 g/mol. The first-order valence-electron chi connectivity index (χ1n) is 12.3. The minimum atomic E-state index is 0.623. The molecule has 3 aromatic carbocycles. The van der Waals surface area contributed by atoms with Crippen molar-refractivity contribution in [3.63, 3.8) is 0 Å². The lowest BCUT2D eigenvalue weighted by Gasteiger charge is -2.17. The van der Waals surface area contributed by atoms with Crippen LogP contribution < -0.4 is 10.1 Å². The van der Waals surface area contributed by atoms with Crippen LogP contribution in [0.5, 0.6) is 5.75 Å². The van der Waals surface area contributed by atoms with Gasteiger partial charge in [-0.2, -0.15) is 5.10 Å². The maximum absolute atomic E-state index is 5.98. The molecule has 0 aliphatic heterocycles. The lowest BCUT2D eigenvalue weighted by molar-refractivity contribution is 0.316. The highest BCUT2D eigenvalue weighted by molar-refractivity contribution is 7.99. The van der Waals surface area contributed by atoms with Crippen LogP contribution in [0.2, 0.25) is 0 Å². The number of fused-ring (bicyclic) bond motifs is 1. The van der Waals surface area contributed by atoms with E-state index < -0.39 is 0 Å². The molecule has 6 heteroatoms. The van der Waals surface area contributed by atoms with Crippen LogP contribution in [0.3, 0.4) is 0 Å². The number of nitrogens with one attached hydrogen (secondary N) is 2. The summed E-state index contributed by atoms with van der Waals surface area (Å²) in [6.45, 7) is 4.47. The number of rotatable bonds is 12.